The Bertz CT molecular complexity index is 525. The number of aromatic nitrogens is 1. The summed E-state index contributed by atoms with van der Waals surface area (Å²) in [5.41, 5.74) is 2.67. The first-order valence-electron chi connectivity index (χ1n) is 7.77. The summed E-state index contributed by atoms with van der Waals surface area (Å²) >= 11 is 0. The first-order valence-corrected chi connectivity index (χ1v) is 7.77. The highest BCUT2D eigenvalue weighted by atomic mass is 15.1. The quantitative estimate of drug-likeness (QED) is 0.795. The molecule has 0 fully saturated rings. The van der Waals surface area contributed by atoms with Gasteiger partial charge in [0.15, 0.2) is 0 Å². The van der Waals surface area contributed by atoms with Crippen LogP contribution in [0.3, 0.4) is 0 Å². The lowest BCUT2D eigenvalue weighted by molar-refractivity contribution is 0.271. The molecule has 1 aromatic carbocycles. The van der Waals surface area contributed by atoms with E-state index in [0.29, 0.717) is 0 Å². The lowest BCUT2D eigenvalue weighted by Gasteiger charge is -2.21. The molecule has 0 bridgehead atoms. The SMILES string of the molecule is CCCNc1cc(CN(CC)Cc2ccccc2)ccn1. The molecule has 0 aliphatic carbocycles. The fraction of sp³-hybridized carbons (Fsp3) is 0.389. The topological polar surface area (TPSA) is 28.2 Å². The molecule has 0 saturated heterocycles. The van der Waals surface area contributed by atoms with E-state index < -0.39 is 0 Å². The van der Waals surface area contributed by atoms with Crippen LogP contribution in [0.4, 0.5) is 5.82 Å². The van der Waals surface area contributed by atoms with Gasteiger partial charge in [-0.3, -0.25) is 4.90 Å². The van der Waals surface area contributed by atoms with Crippen molar-refractivity contribution in [3.05, 3.63) is 59.8 Å². The van der Waals surface area contributed by atoms with Crippen molar-refractivity contribution in [2.75, 3.05) is 18.4 Å². The fourth-order valence-corrected chi connectivity index (χ4v) is 2.30. The van der Waals surface area contributed by atoms with Gasteiger partial charge >= 0.3 is 0 Å². The van der Waals surface area contributed by atoms with Gasteiger partial charge in [-0.1, -0.05) is 44.2 Å². The van der Waals surface area contributed by atoms with Gasteiger partial charge in [0, 0.05) is 25.8 Å². The maximum absolute atomic E-state index is 4.36. The Morgan fingerprint density at radius 3 is 2.48 bits per heavy atom. The van der Waals surface area contributed by atoms with Crippen molar-refractivity contribution in [2.45, 2.75) is 33.4 Å². The smallest absolute Gasteiger partial charge is 0.126 e. The summed E-state index contributed by atoms with van der Waals surface area (Å²) < 4.78 is 0. The number of hydrogen-bond acceptors (Lipinski definition) is 3. The monoisotopic (exact) mass is 283 g/mol. The largest absolute Gasteiger partial charge is 0.370 e. The van der Waals surface area contributed by atoms with Gasteiger partial charge in [0.05, 0.1) is 0 Å². The van der Waals surface area contributed by atoms with Crippen LogP contribution in [0.25, 0.3) is 0 Å². The van der Waals surface area contributed by atoms with Crippen LogP contribution in [0.15, 0.2) is 48.7 Å². The van der Waals surface area contributed by atoms with Gasteiger partial charge < -0.3 is 5.32 Å². The van der Waals surface area contributed by atoms with E-state index in [4.69, 9.17) is 0 Å². The lowest BCUT2D eigenvalue weighted by atomic mass is 10.2. The third-order valence-electron chi connectivity index (χ3n) is 3.48. The van der Waals surface area contributed by atoms with E-state index in [2.05, 4.69) is 71.5 Å². The van der Waals surface area contributed by atoms with Crippen LogP contribution in [0.1, 0.15) is 31.4 Å². The molecule has 0 saturated carbocycles. The number of benzene rings is 1. The maximum atomic E-state index is 4.36. The summed E-state index contributed by atoms with van der Waals surface area (Å²) in [4.78, 5) is 6.80. The first-order chi connectivity index (χ1) is 10.3. The molecule has 0 unspecified atom stereocenters. The number of nitrogens with one attached hydrogen (secondary N) is 1. The predicted octanol–water partition coefficient (Wildman–Crippen LogP) is 3.93. The molecular weight excluding hydrogens is 258 g/mol. The van der Waals surface area contributed by atoms with Crippen LogP contribution in [0.5, 0.6) is 0 Å². The molecule has 0 amide bonds. The maximum Gasteiger partial charge on any atom is 0.126 e. The third-order valence-corrected chi connectivity index (χ3v) is 3.48. The van der Waals surface area contributed by atoms with Crippen LogP contribution < -0.4 is 5.32 Å². The summed E-state index contributed by atoms with van der Waals surface area (Å²) in [6.07, 6.45) is 3.00. The summed E-state index contributed by atoms with van der Waals surface area (Å²) in [6.45, 7) is 8.31. The van der Waals surface area contributed by atoms with Crippen LogP contribution in [0.2, 0.25) is 0 Å². The Morgan fingerprint density at radius 1 is 1.00 bits per heavy atom. The fourth-order valence-electron chi connectivity index (χ4n) is 2.30. The van der Waals surface area contributed by atoms with Gasteiger partial charge in [-0.25, -0.2) is 4.98 Å². The zero-order chi connectivity index (χ0) is 14.9. The zero-order valence-corrected chi connectivity index (χ0v) is 13.0. The van der Waals surface area contributed by atoms with Gasteiger partial charge in [-0.2, -0.15) is 0 Å². The normalized spacial score (nSPS) is 10.8. The Labute approximate surface area is 128 Å². The molecular formula is C18H25N3. The van der Waals surface area contributed by atoms with E-state index in [1.165, 1.54) is 11.1 Å². The molecule has 0 atom stereocenters. The number of rotatable bonds is 8. The minimum Gasteiger partial charge on any atom is -0.370 e. The second-order valence-corrected chi connectivity index (χ2v) is 5.26. The molecule has 0 aliphatic heterocycles. The number of pyridine rings is 1. The standard InChI is InChI=1S/C18H25N3/c1-3-11-19-18-13-17(10-12-20-18)15-21(4-2)14-16-8-6-5-7-9-16/h5-10,12-13H,3-4,11,14-15H2,1-2H3,(H,19,20). The van der Waals surface area contributed by atoms with E-state index in [9.17, 15) is 0 Å². The molecule has 0 radical (unpaired) electrons. The highest BCUT2D eigenvalue weighted by Gasteiger charge is 2.05. The van der Waals surface area contributed by atoms with E-state index >= 15 is 0 Å². The molecule has 0 aliphatic rings. The molecule has 2 rings (SSSR count). The van der Waals surface area contributed by atoms with Gasteiger partial charge in [-0.15, -0.1) is 0 Å². The second kappa shape index (κ2) is 8.42. The van der Waals surface area contributed by atoms with Gasteiger partial charge in [0.2, 0.25) is 0 Å². The van der Waals surface area contributed by atoms with Gasteiger partial charge in [-0.05, 0) is 36.2 Å². The zero-order valence-electron chi connectivity index (χ0n) is 13.0. The summed E-state index contributed by atoms with van der Waals surface area (Å²) in [7, 11) is 0. The summed E-state index contributed by atoms with van der Waals surface area (Å²) in [5.74, 6) is 0.977. The van der Waals surface area contributed by atoms with Crippen LogP contribution in [-0.4, -0.2) is 23.0 Å². The predicted molar refractivity (Wildman–Crippen MR) is 89.2 cm³/mol. The summed E-state index contributed by atoms with van der Waals surface area (Å²) in [5, 5.41) is 3.35. The van der Waals surface area contributed by atoms with Crippen molar-refractivity contribution in [2.24, 2.45) is 0 Å². The Hall–Kier alpha value is -1.87. The van der Waals surface area contributed by atoms with Gasteiger partial charge in [0.1, 0.15) is 5.82 Å². The number of hydrogen-bond donors (Lipinski definition) is 1. The molecule has 1 heterocycles. The van der Waals surface area contributed by atoms with Crippen molar-refractivity contribution in [3.63, 3.8) is 0 Å². The van der Waals surface area contributed by atoms with E-state index in [0.717, 1.165) is 38.4 Å². The Kier molecular flexibility index (Phi) is 6.22. The van der Waals surface area contributed by atoms with Crippen molar-refractivity contribution >= 4 is 5.82 Å². The second-order valence-electron chi connectivity index (χ2n) is 5.26. The number of anilines is 1. The van der Waals surface area contributed by atoms with E-state index in [-0.39, 0.29) is 0 Å². The minimum atomic E-state index is 0.953. The first kappa shape index (κ1) is 15.5. The van der Waals surface area contributed by atoms with Crippen LogP contribution in [0, 0.1) is 0 Å². The molecule has 1 aromatic heterocycles. The van der Waals surface area contributed by atoms with Crippen molar-refractivity contribution < 1.29 is 0 Å². The van der Waals surface area contributed by atoms with E-state index in [1.807, 2.05) is 6.20 Å². The molecule has 1 N–H and O–H groups in total. The third kappa shape index (κ3) is 5.20. The van der Waals surface area contributed by atoms with Crippen molar-refractivity contribution in [1.29, 1.82) is 0 Å². The van der Waals surface area contributed by atoms with E-state index in [1.54, 1.807) is 0 Å². The number of nitrogens with zero attached hydrogens (tertiary/aromatic N) is 2. The van der Waals surface area contributed by atoms with Crippen LogP contribution >= 0.6 is 0 Å². The molecule has 3 heteroatoms. The van der Waals surface area contributed by atoms with Gasteiger partial charge in [0.25, 0.3) is 0 Å². The molecule has 21 heavy (non-hydrogen) atoms. The lowest BCUT2D eigenvalue weighted by Crippen LogP contribution is -2.22. The minimum absolute atomic E-state index is 0.953. The van der Waals surface area contributed by atoms with Crippen molar-refractivity contribution in [3.8, 4) is 0 Å². The molecule has 3 nitrogen and oxygen atoms in total. The Balaban J connectivity index is 1.98. The average molecular weight is 283 g/mol. The average Bonchev–Trinajstić information content (AvgIpc) is 2.53. The van der Waals surface area contributed by atoms with Crippen molar-refractivity contribution in [1.82, 2.24) is 9.88 Å². The highest BCUT2D eigenvalue weighted by Crippen LogP contribution is 2.12. The molecule has 2 aromatic rings. The molecule has 112 valence electrons. The molecule has 0 spiro atoms. The van der Waals surface area contributed by atoms with Crippen LogP contribution in [-0.2, 0) is 13.1 Å². The summed E-state index contributed by atoms with van der Waals surface area (Å²) in [6, 6.07) is 14.9. The highest BCUT2D eigenvalue weighted by molar-refractivity contribution is 5.37. The Morgan fingerprint density at radius 2 is 1.76 bits per heavy atom.